The zero-order chi connectivity index (χ0) is 28.1. The van der Waals surface area contributed by atoms with Crippen LogP contribution in [0.25, 0.3) is 0 Å². The van der Waals surface area contributed by atoms with E-state index < -0.39 is 62.8 Å². The van der Waals surface area contributed by atoms with E-state index in [0.29, 0.717) is 18.6 Å². The number of hydrogen-bond donors (Lipinski definition) is 5. The fraction of sp³-hybridized carbons (Fsp3) is 0.783. The molecule has 208 valence electrons. The Balaban J connectivity index is 4.98. The number of rotatable bonds is 16. The molecule has 0 aliphatic carbocycles. The third-order valence-corrected chi connectivity index (χ3v) is 6.86. The number of carboxylic acid groups (broad SMARTS) is 1. The van der Waals surface area contributed by atoms with Crippen LogP contribution in [-0.2, 0) is 23.9 Å². The number of alkyl carbamates (subject to hydrolysis) is 1. The molecule has 0 bridgehead atoms. The molecule has 0 saturated heterocycles. The third-order valence-electron chi connectivity index (χ3n) is 4.59. The predicted octanol–water partition coefficient (Wildman–Crippen LogP) is 1.12. The number of carboxylic acids is 1. The molecule has 0 aromatic rings. The Bertz CT molecular complexity index is 759. The van der Waals surface area contributed by atoms with Crippen molar-refractivity contribution in [2.24, 2.45) is 11.8 Å². The average Bonchev–Trinajstić information content (AvgIpc) is 2.72. The van der Waals surface area contributed by atoms with Crippen LogP contribution in [0.2, 0.25) is 0 Å². The van der Waals surface area contributed by atoms with Gasteiger partial charge in [-0.15, -0.1) is 0 Å². The minimum absolute atomic E-state index is 0.105. The van der Waals surface area contributed by atoms with Crippen molar-refractivity contribution in [1.82, 2.24) is 20.3 Å². The van der Waals surface area contributed by atoms with Crippen molar-refractivity contribution in [1.29, 1.82) is 0 Å². The van der Waals surface area contributed by atoms with Crippen LogP contribution in [-0.4, -0.2) is 91.1 Å². The fourth-order valence-corrected chi connectivity index (χ4v) is 4.68. The molecule has 11 nitrogen and oxygen atoms in total. The van der Waals surface area contributed by atoms with E-state index in [2.05, 4.69) is 20.3 Å². The first kappa shape index (κ1) is 34.2. The fourth-order valence-electron chi connectivity index (χ4n) is 2.85. The number of ether oxygens (including phenoxy) is 1. The summed E-state index contributed by atoms with van der Waals surface area (Å²) < 4.78 is 7.85. The summed E-state index contributed by atoms with van der Waals surface area (Å²) in [6.07, 6.45) is 1.94. The van der Waals surface area contributed by atoms with Gasteiger partial charge in [0.25, 0.3) is 0 Å². The summed E-state index contributed by atoms with van der Waals surface area (Å²) in [6.45, 7) is 12.1. The maximum atomic E-state index is 12.7. The maximum absolute atomic E-state index is 12.7. The molecule has 13 heteroatoms. The molecular formula is C23H42N4O7SSe. The Morgan fingerprint density at radius 1 is 0.972 bits per heavy atom. The molecule has 5 N–H and O–H groups in total. The van der Waals surface area contributed by atoms with Crippen molar-refractivity contribution in [3.05, 3.63) is 0 Å². The normalized spacial score (nSPS) is 14.1. The molecule has 0 heterocycles. The van der Waals surface area contributed by atoms with E-state index in [-0.39, 0.29) is 23.1 Å². The molecular weight excluding hydrogens is 555 g/mol. The molecule has 0 saturated carbocycles. The first-order valence-electron chi connectivity index (χ1n) is 11.8. The van der Waals surface area contributed by atoms with Gasteiger partial charge in [0, 0.05) is 0 Å². The summed E-state index contributed by atoms with van der Waals surface area (Å²) in [6, 6.07) is -2.63. The van der Waals surface area contributed by atoms with Crippen LogP contribution in [0.1, 0.15) is 61.3 Å². The van der Waals surface area contributed by atoms with Crippen LogP contribution in [0, 0.1) is 11.8 Å². The minimum atomic E-state index is -1.12. The summed E-state index contributed by atoms with van der Waals surface area (Å²) in [5.41, 5.74) is -0.716. The van der Waals surface area contributed by atoms with E-state index in [9.17, 15) is 29.1 Å². The van der Waals surface area contributed by atoms with Gasteiger partial charge in [-0.2, -0.15) is 0 Å². The molecule has 36 heavy (non-hydrogen) atoms. The van der Waals surface area contributed by atoms with Gasteiger partial charge in [0.15, 0.2) is 0 Å². The van der Waals surface area contributed by atoms with Crippen molar-refractivity contribution in [3.8, 4) is 0 Å². The number of aliphatic carboxylic acids is 1. The van der Waals surface area contributed by atoms with Gasteiger partial charge in [-0.05, 0) is 0 Å². The van der Waals surface area contributed by atoms with Crippen LogP contribution >= 0.6 is 11.8 Å². The monoisotopic (exact) mass is 598 g/mol. The van der Waals surface area contributed by atoms with Crippen LogP contribution in [0.4, 0.5) is 4.79 Å². The molecule has 3 atom stereocenters. The molecule has 0 radical (unpaired) electrons. The summed E-state index contributed by atoms with van der Waals surface area (Å²) >= 11 is 0.690. The molecule has 0 spiro atoms. The molecule has 3 unspecified atom stereocenters. The first-order chi connectivity index (χ1) is 16.6. The van der Waals surface area contributed by atoms with E-state index in [4.69, 9.17) is 4.74 Å². The Morgan fingerprint density at radius 2 is 1.58 bits per heavy atom. The van der Waals surface area contributed by atoms with Gasteiger partial charge in [-0.1, -0.05) is 0 Å². The Kier molecular flexibility index (Phi) is 16.0. The average molecular weight is 598 g/mol. The van der Waals surface area contributed by atoms with E-state index >= 15 is 0 Å². The topological polar surface area (TPSA) is 163 Å². The summed E-state index contributed by atoms with van der Waals surface area (Å²) in [5.74, 6) is -1.67. The standard InChI is InChI=1S/C23H42N4O7SSe/c1-13(2)11-16(25-22(33)34-23(5,6)7)19(29)24-12-17(28)36-27-15(9-10-35-8)20(30)26-18(14(3)4)21(31)32/h13-16,18,27H,9-12H2,1-8H3,(H,24,29)(H,25,33)(H,26,30)(H,31,32). The Morgan fingerprint density at radius 3 is 2.06 bits per heavy atom. The van der Waals surface area contributed by atoms with E-state index in [1.165, 1.54) is 11.8 Å². The summed E-state index contributed by atoms with van der Waals surface area (Å²) in [7, 11) is 0. The molecule has 0 aliphatic rings. The SMILES string of the molecule is CSCCC(N[Se]C(=O)CNC(=O)C(CC(C)C)NC(=O)OC(C)(C)C)C(=O)NC(C(=O)O)C(C)C. The molecule has 0 aliphatic heterocycles. The number of hydrogen-bond acceptors (Lipinski definition) is 8. The van der Waals surface area contributed by atoms with Crippen molar-refractivity contribution in [2.75, 3.05) is 18.6 Å². The second kappa shape index (κ2) is 16.8. The van der Waals surface area contributed by atoms with E-state index in [0.717, 1.165) is 0 Å². The zero-order valence-corrected chi connectivity index (χ0v) is 25.0. The zero-order valence-electron chi connectivity index (χ0n) is 22.4. The predicted molar refractivity (Wildman–Crippen MR) is 141 cm³/mol. The molecule has 0 rings (SSSR count). The van der Waals surface area contributed by atoms with Gasteiger partial charge in [-0.3, -0.25) is 0 Å². The van der Waals surface area contributed by atoms with Crippen molar-refractivity contribution in [3.63, 3.8) is 0 Å². The van der Waals surface area contributed by atoms with Gasteiger partial charge in [-0.25, -0.2) is 0 Å². The number of thioether (sulfide) groups is 1. The quantitative estimate of drug-likeness (QED) is 0.164. The summed E-state index contributed by atoms with van der Waals surface area (Å²) in [4.78, 5) is 61.3. The van der Waals surface area contributed by atoms with Crippen LogP contribution in [0.15, 0.2) is 0 Å². The molecule has 0 aromatic heterocycles. The Hall–Kier alpha value is -1.82. The molecule has 0 fully saturated rings. The van der Waals surface area contributed by atoms with Gasteiger partial charge in [0.05, 0.1) is 0 Å². The number of carbonyl (C=O) groups is 5. The molecule has 0 aromatic carbocycles. The van der Waals surface area contributed by atoms with Crippen LogP contribution in [0.5, 0.6) is 0 Å². The number of carbonyl (C=O) groups excluding carboxylic acids is 4. The second-order valence-corrected chi connectivity index (χ2v) is 12.9. The van der Waals surface area contributed by atoms with Crippen LogP contribution < -0.4 is 20.3 Å². The summed E-state index contributed by atoms with van der Waals surface area (Å²) in [5, 5.41) is 17.0. The van der Waals surface area contributed by atoms with Gasteiger partial charge < -0.3 is 0 Å². The van der Waals surface area contributed by atoms with Gasteiger partial charge in [0.2, 0.25) is 0 Å². The van der Waals surface area contributed by atoms with Crippen molar-refractivity contribution < 1.29 is 33.8 Å². The van der Waals surface area contributed by atoms with E-state index in [1.54, 1.807) is 34.6 Å². The van der Waals surface area contributed by atoms with Gasteiger partial charge in [0.1, 0.15) is 0 Å². The van der Waals surface area contributed by atoms with Crippen LogP contribution in [0.3, 0.4) is 0 Å². The second-order valence-electron chi connectivity index (χ2n) is 10.0. The number of amides is 3. The first-order valence-corrected chi connectivity index (χ1v) is 14.9. The van der Waals surface area contributed by atoms with Crippen molar-refractivity contribution in [2.45, 2.75) is 85.0 Å². The van der Waals surface area contributed by atoms with Gasteiger partial charge >= 0.3 is 225 Å². The van der Waals surface area contributed by atoms with E-state index in [1.807, 2.05) is 20.1 Å². The number of nitrogens with one attached hydrogen (secondary N) is 4. The Labute approximate surface area is 224 Å². The molecule has 3 amide bonds. The third kappa shape index (κ3) is 15.3. The van der Waals surface area contributed by atoms with Crippen molar-refractivity contribution >= 4 is 55.5 Å².